The number of rotatable bonds is 6. The maximum atomic E-state index is 12.4. The first kappa shape index (κ1) is 18.7. The van der Waals surface area contributed by atoms with Crippen molar-refractivity contribution < 1.29 is 14.3 Å². The second-order valence-electron chi connectivity index (χ2n) is 6.80. The molecule has 0 bridgehead atoms. The third-order valence-corrected chi connectivity index (χ3v) is 5.11. The molecule has 26 heavy (non-hydrogen) atoms. The molecule has 2 fully saturated rings. The fourth-order valence-corrected chi connectivity index (χ4v) is 3.48. The van der Waals surface area contributed by atoms with E-state index >= 15 is 0 Å². The molecule has 1 aromatic rings. The van der Waals surface area contributed by atoms with E-state index in [1.54, 1.807) is 31.4 Å². The number of methoxy groups -OCH3 is 1. The quantitative estimate of drug-likeness (QED) is 0.764. The second kappa shape index (κ2) is 9.00. The molecular formula is C19H28N4O3. The van der Waals surface area contributed by atoms with Crippen LogP contribution in [0.4, 0.5) is 0 Å². The minimum atomic E-state index is -0.0752. The van der Waals surface area contributed by atoms with Gasteiger partial charge < -0.3 is 20.3 Å². The van der Waals surface area contributed by atoms with E-state index in [9.17, 15) is 9.59 Å². The molecule has 7 heteroatoms. The van der Waals surface area contributed by atoms with Crippen molar-refractivity contribution in [3.63, 3.8) is 0 Å². The number of piperazine rings is 1. The van der Waals surface area contributed by atoms with Crippen LogP contribution >= 0.6 is 0 Å². The highest BCUT2D eigenvalue weighted by molar-refractivity contribution is 5.94. The Kier molecular flexibility index (Phi) is 6.46. The van der Waals surface area contributed by atoms with Gasteiger partial charge in [0.15, 0.2) is 0 Å². The maximum absolute atomic E-state index is 12.4. The van der Waals surface area contributed by atoms with Gasteiger partial charge in [-0.15, -0.1) is 0 Å². The second-order valence-corrected chi connectivity index (χ2v) is 6.80. The van der Waals surface area contributed by atoms with Gasteiger partial charge in [-0.25, -0.2) is 0 Å². The highest BCUT2D eigenvalue weighted by Gasteiger charge is 2.28. The summed E-state index contributed by atoms with van der Waals surface area (Å²) in [5.41, 5.74) is 0.630. The lowest BCUT2D eigenvalue weighted by molar-refractivity contribution is -0.134. The van der Waals surface area contributed by atoms with Crippen LogP contribution in [0.2, 0.25) is 0 Å². The average Bonchev–Trinajstić information content (AvgIpc) is 3.23. The summed E-state index contributed by atoms with van der Waals surface area (Å²) >= 11 is 0. The lowest BCUT2D eigenvalue weighted by atomic mass is 10.2. The molecule has 2 amide bonds. The number of nitrogens with one attached hydrogen (secondary N) is 2. The number of amides is 2. The first-order valence-electron chi connectivity index (χ1n) is 9.34. The highest BCUT2D eigenvalue weighted by atomic mass is 16.5. The van der Waals surface area contributed by atoms with Crippen LogP contribution in [0.25, 0.3) is 0 Å². The van der Waals surface area contributed by atoms with Crippen molar-refractivity contribution in [3.8, 4) is 5.75 Å². The largest absolute Gasteiger partial charge is 0.497 e. The molecule has 0 saturated carbocycles. The summed E-state index contributed by atoms with van der Waals surface area (Å²) in [6, 6.07) is 7.10. The van der Waals surface area contributed by atoms with Crippen molar-refractivity contribution in [2.24, 2.45) is 0 Å². The first-order chi connectivity index (χ1) is 12.7. The molecule has 7 nitrogen and oxygen atoms in total. The molecule has 0 spiro atoms. The number of ether oxygens (including phenoxy) is 1. The first-order valence-corrected chi connectivity index (χ1v) is 9.34. The predicted molar refractivity (Wildman–Crippen MR) is 99.4 cm³/mol. The van der Waals surface area contributed by atoms with Crippen molar-refractivity contribution in [1.82, 2.24) is 20.4 Å². The Bertz CT molecular complexity index is 606. The molecule has 0 aliphatic carbocycles. The number of hydrogen-bond acceptors (Lipinski definition) is 5. The van der Waals surface area contributed by atoms with Gasteiger partial charge in [-0.05, 0) is 43.7 Å². The van der Waals surface area contributed by atoms with E-state index in [1.165, 1.54) is 0 Å². The average molecular weight is 360 g/mol. The summed E-state index contributed by atoms with van der Waals surface area (Å²) in [4.78, 5) is 28.8. The van der Waals surface area contributed by atoms with Crippen LogP contribution in [0.5, 0.6) is 5.75 Å². The minimum Gasteiger partial charge on any atom is -0.497 e. The summed E-state index contributed by atoms with van der Waals surface area (Å²) in [7, 11) is 1.60. The van der Waals surface area contributed by atoms with Crippen molar-refractivity contribution in [1.29, 1.82) is 0 Å². The zero-order chi connectivity index (χ0) is 18.4. The molecule has 0 radical (unpaired) electrons. The lowest BCUT2D eigenvalue weighted by Crippen LogP contribution is -2.53. The van der Waals surface area contributed by atoms with Gasteiger partial charge in [0.1, 0.15) is 5.75 Å². The Morgan fingerprint density at radius 3 is 2.54 bits per heavy atom. The number of carbonyl (C=O) groups excluding carboxylic acids is 2. The Hall–Kier alpha value is -2.12. The number of carbonyl (C=O) groups is 2. The molecule has 2 heterocycles. The van der Waals surface area contributed by atoms with E-state index in [2.05, 4.69) is 15.5 Å². The lowest BCUT2D eigenvalue weighted by Gasteiger charge is -2.36. The van der Waals surface area contributed by atoms with Crippen LogP contribution in [0.15, 0.2) is 24.3 Å². The van der Waals surface area contributed by atoms with E-state index in [0.717, 1.165) is 57.9 Å². The van der Waals surface area contributed by atoms with Gasteiger partial charge in [0.05, 0.1) is 13.2 Å². The standard InChI is InChI=1S/C19H28N4O3/c1-26-16-6-4-15(5-7-16)18(24)21-9-10-22-11-13-23(14-12-22)19(25)17-3-2-8-20-17/h4-7,17,20H,2-3,8-14H2,1H3,(H,21,24)/t17-/m0/s1. The van der Waals surface area contributed by atoms with Crippen LogP contribution in [0.3, 0.4) is 0 Å². The van der Waals surface area contributed by atoms with E-state index in [0.29, 0.717) is 12.1 Å². The smallest absolute Gasteiger partial charge is 0.251 e. The molecule has 2 N–H and O–H groups in total. The molecule has 2 aliphatic rings. The van der Waals surface area contributed by atoms with Crippen LogP contribution in [-0.2, 0) is 4.79 Å². The van der Waals surface area contributed by atoms with Crippen LogP contribution < -0.4 is 15.4 Å². The molecular weight excluding hydrogens is 332 g/mol. The van der Waals surface area contributed by atoms with Gasteiger partial charge >= 0.3 is 0 Å². The third-order valence-electron chi connectivity index (χ3n) is 5.11. The van der Waals surface area contributed by atoms with Crippen molar-refractivity contribution in [3.05, 3.63) is 29.8 Å². The molecule has 0 aromatic heterocycles. The molecule has 2 aliphatic heterocycles. The van der Waals surface area contributed by atoms with Gasteiger partial charge in [-0.2, -0.15) is 0 Å². The zero-order valence-corrected chi connectivity index (χ0v) is 15.4. The number of benzene rings is 1. The normalized spacial score (nSPS) is 20.8. The molecule has 1 aromatic carbocycles. The van der Waals surface area contributed by atoms with Gasteiger partial charge in [0, 0.05) is 44.8 Å². The topological polar surface area (TPSA) is 73.9 Å². The van der Waals surface area contributed by atoms with Crippen molar-refractivity contribution in [2.75, 3.05) is 52.9 Å². The van der Waals surface area contributed by atoms with Crippen LogP contribution in [-0.4, -0.2) is 80.6 Å². The highest BCUT2D eigenvalue weighted by Crippen LogP contribution is 2.12. The Balaban J connectivity index is 1.35. The van der Waals surface area contributed by atoms with Gasteiger partial charge in [0.25, 0.3) is 5.91 Å². The summed E-state index contributed by atoms with van der Waals surface area (Å²) < 4.78 is 5.10. The predicted octanol–water partition coefficient (Wildman–Crippen LogP) is 0.321. The maximum Gasteiger partial charge on any atom is 0.251 e. The zero-order valence-electron chi connectivity index (χ0n) is 15.4. The third kappa shape index (κ3) is 4.74. The molecule has 3 rings (SSSR count). The van der Waals surface area contributed by atoms with E-state index in [-0.39, 0.29) is 17.9 Å². The molecule has 142 valence electrons. The molecule has 1 atom stereocenters. The van der Waals surface area contributed by atoms with E-state index in [4.69, 9.17) is 4.74 Å². The Labute approximate surface area is 154 Å². The SMILES string of the molecule is COc1ccc(C(=O)NCCN2CCN(C(=O)[C@@H]3CCCN3)CC2)cc1. The fourth-order valence-electron chi connectivity index (χ4n) is 3.48. The van der Waals surface area contributed by atoms with Crippen LogP contribution in [0.1, 0.15) is 23.2 Å². The van der Waals surface area contributed by atoms with Gasteiger partial charge in [-0.3, -0.25) is 14.5 Å². The monoisotopic (exact) mass is 360 g/mol. The van der Waals surface area contributed by atoms with Crippen LogP contribution in [0, 0.1) is 0 Å². The van der Waals surface area contributed by atoms with E-state index < -0.39 is 0 Å². The van der Waals surface area contributed by atoms with E-state index in [1.807, 2.05) is 4.90 Å². The fraction of sp³-hybridized carbons (Fsp3) is 0.579. The van der Waals surface area contributed by atoms with Gasteiger partial charge in [0.2, 0.25) is 5.91 Å². The Morgan fingerprint density at radius 2 is 1.92 bits per heavy atom. The minimum absolute atomic E-state index is 0.0188. The van der Waals surface area contributed by atoms with Gasteiger partial charge in [-0.1, -0.05) is 0 Å². The number of hydrogen-bond donors (Lipinski definition) is 2. The Morgan fingerprint density at radius 1 is 1.19 bits per heavy atom. The van der Waals surface area contributed by atoms with Crippen molar-refractivity contribution >= 4 is 11.8 Å². The summed E-state index contributed by atoms with van der Waals surface area (Å²) in [5, 5.41) is 6.22. The molecule has 2 saturated heterocycles. The molecule has 0 unspecified atom stereocenters. The summed E-state index contributed by atoms with van der Waals surface area (Å²) in [6.07, 6.45) is 2.04. The number of nitrogens with zero attached hydrogens (tertiary/aromatic N) is 2. The summed E-state index contributed by atoms with van der Waals surface area (Å²) in [5.74, 6) is 0.908. The summed E-state index contributed by atoms with van der Waals surface area (Å²) in [6.45, 7) is 5.60. The van der Waals surface area contributed by atoms with Crippen molar-refractivity contribution in [2.45, 2.75) is 18.9 Å².